The molecule has 102 valence electrons. The first-order valence-electron chi connectivity index (χ1n) is 6.66. The number of benzene rings is 1. The molecule has 0 aliphatic carbocycles. The summed E-state index contributed by atoms with van der Waals surface area (Å²) in [4.78, 5) is 30.6. The van der Waals surface area contributed by atoms with Crippen molar-refractivity contribution in [3.05, 3.63) is 29.6 Å². The number of carbonyl (C=O) groups excluding carboxylic acids is 2. The van der Waals surface area contributed by atoms with Gasteiger partial charge in [-0.2, -0.15) is 0 Å². The third-order valence-electron chi connectivity index (χ3n) is 4.08. The highest BCUT2D eigenvalue weighted by Gasteiger charge is 2.47. The number of aliphatic imine (C=N–C) groups is 1. The summed E-state index contributed by atoms with van der Waals surface area (Å²) in [6.07, 6.45) is 1.34. The first-order valence-corrected chi connectivity index (χ1v) is 6.66. The number of Topliss-reactive ketones (excluding diaryl/α,β-unsaturated/α-hetero) is 1. The van der Waals surface area contributed by atoms with Crippen LogP contribution in [0.5, 0.6) is 0 Å². The van der Waals surface area contributed by atoms with Crippen LogP contribution >= 0.6 is 0 Å². The highest BCUT2D eigenvalue weighted by molar-refractivity contribution is 6.58. The molecule has 1 N–H and O–H groups in total. The molecule has 1 fully saturated rings. The summed E-state index contributed by atoms with van der Waals surface area (Å²) in [6.45, 7) is 0.793. The summed E-state index contributed by atoms with van der Waals surface area (Å²) in [5.74, 6) is -1.10. The zero-order valence-electron chi connectivity index (χ0n) is 10.6. The van der Waals surface area contributed by atoms with E-state index < -0.39 is 5.82 Å². The molecule has 1 aromatic rings. The zero-order valence-corrected chi connectivity index (χ0v) is 10.6. The van der Waals surface area contributed by atoms with Crippen LogP contribution in [-0.2, 0) is 4.79 Å². The molecule has 0 aromatic heterocycles. The second kappa shape index (κ2) is 3.96. The quantitative estimate of drug-likeness (QED) is 0.769. The fraction of sp³-hybridized carbons (Fsp3) is 0.357. The zero-order chi connectivity index (χ0) is 13.9. The van der Waals surface area contributed by atoms with E-state index in [1.165, 1.54) is 23.1 Å². The van der Waals surface area contributed by atoms with Crippen molar-refractivity contribution in [3.8, 4) is 0 Å². The number of fused-ring (bicyclic) bond motifs is 4. The van der Waals surface area contributed by atoms with E-state index in [0.717, 1.165) is 19.4 Å². The van der Waals surface area contributed by atoms with Gasteiger partial charge in [-0.25, -0.2) is 9.38 Å². The van der Waals surface area contributed by atoms with Gasteiger partial charge in [-0.1, -0.05) is 0 Å². The molecule has 6 heteroatoms. The number of halogens is 1. The molecule has 1 amide bonds. The van der Waals surface area contributed by atoms with Crippen molar-refractivity contribution in [1.29, 1.82) is 0 Å². The largest absolute Gasteiger partial charge is 0.295 e. The standard InChI is InChI=1S/C14H12FN3O2/c15-7-3-4-10-9(6-7)11(19)13-17-12-8(2-1-5-16-12)14(20)18(10)13/h3-4,6,8,12,16H,1-2,5H2. The van der Waals surface area contributed by atoms with Crippen molar-refractivity contribution in [3.63, 3.8) is 0 Å². The average Bonchev–Trinajstić information content (AvgIpc) is 2.73. The van der Waals surface area contributed by atoms with Gasteiger partial charge in [0.05, 0.1) is 17.2 Å². The third-order valence-corrected chi connectivity index (χ3v) is 4.08. The molecule has 2 unspecified atom stereocenters. The van der Waals surface area contributed by atoms with Gasteiger partial charge in [-0.05, 0) is 37.6 Å². The Kier molecular flexibility index (Phi) is 2.32. The van der Waals surface area contributed by atoms with E-state index >= 15 is 0 Å². The normalized spacial score (nSPS) is 27.9. The molecule has 3 aliphatic rings. The molecule has 0 radical (unpaired) electrons. The van der Waals surface area contributed by atoms with Crippen molar-refractivity contribution in [2.75, 3.05) is 11.4 Å². The van der Waals surface area contributed by atoms with Gasteiger partial charge in [-0.15, -0.1) is 0 Å². The van der Waals surface area contributed by atoms with E-state index in [9.17, 15) is 14.0 Å². The lowest BCUT2D eigenvalue weighted by molar-refractivity contribution is -0.123. The van der Waals surface area contributed by atoms with Gasteiger partial charge in [-0.3, -0.25) is 19.8 Å². The van der Waals surface area contributed by atoms with Crippen molar-refractivity contribution in [2.45, 2.75) is 19.0 Å². The van der Waals surface area contributed by atoms with Crippen LogP contribution in [0.15, 0.2) is 23.2 Å². The van der Waals surface area contributed by atoms with Crippen molar-refractivity contribution in [1.82, 2.24) is 5.32 Å². The van der Waals surface area contributed by atoms with E-state index in [-0.39, 0.29) is 35.2 Å². The molecule has 1 aromatic carbocycles. The average molecular weight is 273 g/mol. The maximum Gasteiger partial charge on any atom is 0.239 e. The van der Waals surface area contributed by atoms with E-state index in [1.807, 2.05) is 0 Å². The monoisotopic (exact) mass is 273 g/mol. The van der Waals surface area contributed by atoms with Crippen molar-refractivity contribution in [2.24, 2.45) is 10.9 Å². The third kappa shape index (κ3) is 1.42. The van der Waals surface area contributed by atoms with Gasteiger partial charge in [0.25, 0.3) is 0 Å². The van der Waals surface area contributed by atoms with E-state index in [2.05, 4.69) is 10.3 Å². The van der Waals surface area contributed by atoms with Gasteiger partial charge < -0.3 is 0 Å². The number of nitrogens with one attached hydrogen (secondary N) is 1. The van der Waals surface area contributed by atoms with E-state index in [1.54, 1.807) is 0 Å². The summed E-state index contributed by atoms with van der Waals surface area (Å²) in [7, 11) is 0. The van der Waals surface area contributed by atoms with Gasteiger partial charge in [0.1, 0.15) is 12.0 Å². The number of rotatable bonds is 0. The highest BCUT2D eigenvalue weighted by Crippen LogP contribution is 2.36. The molecule has 3 heterocycles. The number of hydrogen-bond acceptors (Lipinski definition) is 4. The fourth-order valence-corrected chi connectivity index (χ4v) is 3.12. The van der Waals surface area contributed by atoms with Gasteiger partial charge in [0, 0.05) is 0 Å². The van der Waals surface area contributed by atoms with Crippen LogP contribution in [0.4, 0.5) is 10.1 Å². The second-order valence-electron chi connectivity index (χ2n) is 5.26. The highest BCUT2D eigenvalue weighted by atomic mass is 19.1. The Bertz CT molecular complexity index is 670. The summed E-state index contributed by atoms with van der Waals surface area (Å²) in [5, 5.41) is 3.16. The topological polar surface area (TPSA) is 61.8 Å². The summed E-state index contributed by atoms with van der Waals surface area (Å²) >= 11 is 0. The first-order chi connectivity index (χ1) is 9.66. The lowest BCUT2D eigenvalue weighted by Gasteiger charge is -2.36. The van der Waals surface area contributed by atoms with E-state index in [0.29, 0.717) is 5.69 Å². The number of amidine groups is 1. The van der Waals surface area contributed by atoms with Crippen molar-refractivity contribution >= 4 is 23.2 Å². The maximum absolute atomic E-state index is 13.3. The van der Waals surface area contributed by atoms with Gasteiger partial charge in [0.15, 0.2) is 5.84 Å². The summed E-state index contributed by atoms with van der Waals surface area (Å²) in [5.41, 5.74) is 0.667. The van der Waals surface area contributed by atoms with Crippen LogP contribution in [0.1, 0.15) is 23.2 Å². The first kappa shape index (κ1) is 11.7. The molecule has 2 atom stereocenters. The molecule has 1 saturated heterocycles. The fourth-order valence-electron chi connectivity index (χ4n) is 3.12. The Morgan fingerprint density at radius 2 is 2.20 bits per heavy atom. The number of anilines is 1. The molecule has 0 saturated carbocycles. The van der Waals surface area contributed by atoms with Crippen LogP contribution in [0.25, 0.3) is 0 Å². The predicted molar refractivity (Wildman–Crippen MR) is 70.2 cm³/mol. The van der Waals surface area contributed by atoms with Crippen LogP contribution in [0.3, 0.4) is 0 Å². The minimum absolute atomic E-state index is 0.117. The van der Waals surface area contributed by atoms with Crippen LogP contribution in [-0.4, -0.2) is 30.2 Å². The molecule has 0 spiro atoms. The van der Waals surface area contributed by atoms with Crippen LogP contribution in [0.2, 0.25) is 0 Å². The second-order valence-corrected chi connectivity index (χ2v) is 5.26. The Labute approximate surface area is 114 Å². The number of carbonyl (C=O) groups is 2. The molecule has 20 heavy (non-hydrogen) atoms. The maximum atomic E-state index is 13.3. The number of ketones is 1. The molecule has 5 nitrogen and oxygen atoms in total. The Morgan fingerprint density at radius 3 is 3.05 bits per heavy atom. The Balaban J connectivity index is 1.88. The van der Waals surface area contributed by atoms with Gasteiger partial charge in [0.2, 0.25) is 11.7 Å². The SMILES string of the molecule is O=C1C2=NC3NCCCC3C(=O)N2c2ccc(F)cc21. The summed E-state index contributed by atoms with van der Waals surface area (Å²) in [6, 6.07) is 3.90. The molecule has 4 rings (SSSR count). The predicted octanol–water partition coefficient (Wildman–Crippen LogP) is 1.09. The summed E-state index contributed by atoms with van der Waals surface area (Å²) < 4.78 is 13.3. The number of amides is 1. The lowest BCUT2D eigenvalue weighted by Crippen LogP contribution is -2.55. The minimum Gasteiger partial charge on any atom is -0.295 e. The Hall–Kier alpha value is -2.08. The van der Waals surface area contributed by atoms with E-state index in [4.69, 9.17) is 0 Å². The van der Waals surface area contributed by atoms with Gasteiger partial charge >= 0.3 is 0 Å². The Morgan fingerprint density at radius 1 is 1.35 bits per heavy atom. The van der Waals surface area contributed by atoms with Crippen molar-refractivity contribution < 1.29 is 14.0 Å². The lowest BCUT2D eigenvalue weighted by atomic mass is 9.93. The number of nitrogens with zero attached hydrogens (tertiary/aromatic N) is 2. The van der Waals surface area contributed by atoms with Crippen LogP contribution < -0.4 is 10.2 Å². The minimum atomic E-state index is -0.486. The number of piperidine rings is 1. The molecule has 0 bridgehead atoms. The number of hydrogen-bond donors (Lipinski definition) is 1. The van der Waals surface area contributed by atoms with Crippen LogP contribution in [0, 0.1) is 11.7 Å². The molecular formula is C14H12FN3O2. The molecule has 3 aliphatic heterocycles. The molecular weight excluding hydrogens is 261 g/mol. The smallest absolute Gasteiger partial charge is 0.239 e.